The topological polar surface area (TPSA) is 107 Å². The van der Waals surface area contributed by atoms with Crippen molar-refractivity contribution in [2.24, 2.45) is 5.92 Å². The normalized spacial score (nSPS) is 26.7. The van der Waals surface area contributed by atoms with Crippen molar-refractivity contribution >= 4 is 32.0 Å². The number of nitrogens with two attached hydrogens (primary N) is 1. The van der Waals surface area contributed by atoms with Gasteiger partial charge in [0.05, 0.1) is 4.92 Å². The van der Waals surface area contributed by atoms with E-state index in [1.165, 1.54) is 0 Å². The minimum Gasteiger partial charge on any atom is -0.385 e. The Hall–Kier alpha value is -1.19. The van der Waals surface area contributed by atoms with Gasteiger partial charge >= 0.3 is 5.69 Å². The second-order valence-electron chi connectivity index (χ2n) is 5.59. The van der Waals surface area contributed by atoms with Gasteiger partial charge in [-0.1, -0.05) is 17.8 Å². The van der Waals surface area contributed by atoms with Crippen molar-refractivity contribution in [2.45, 2.75) is 42.4 Å². The molecule has 1 saturated heterocycles. The fourth-order valence-corrected chi connectivity index (χ4v) is 6.56. The molecule has 9 heteroatoms. The van der Waals surface area contributed by atoms with Crippen molar-refractivity contribution in [1.29, 1.82) is 0 Å². The fraction of sp³-hybridized carbons (Fsp3) is 0.667. The molecule has 116 valence electrons. The van der Waals surface area contributed by atoms with E-state index in [0.717, 1.165) is 49.5 Å². The SMILES string of the molecule is Nc1sc(S(=O)(=O)N2CCCC3CCCC32)cc1[N+](=O)[O-]. The van der Waals surface area contributed by atoms with E-state index in [1.54, 1.807) is 4.31 Å². The predicted molar refractivity (Wildman–Crippen MR) is 79.6 cm³/mol. The van der Waals surface area contributed by atoms with Crippen LogP contribution in [0.15, 0.2) is 10.3 Å². The Morgan fingerprint density at radius 2 is 2.05 bits per heavy atom. The van der Waals surface area contributed by atoms with Gasteiger partial charge in [-0.2, -0.15) is 4.31 Å². The monoisotopic (exact) mass is 331 g/mol. The average molecular weight is 331 g/mol. The maximum atomic E-state index is 12.8. The van der Waals surface area contributed by atoms with Crippen LogP contribution in [0.1, 0.15) is 32.1 Å². The third-order valence-electron chi connectivity index (χ3n) is 4.42. The highest BCUT2D eigenvalue weighted by Crippen LogP contribution is 2.42. The number of rotatable bonds is 3. The van der Waals surface area contributed by atoms with Crippen LogP contribution in [0.5, 0.6) is 0 Å². The van der Waals surface area contributed by atoms with E-state index in [0.29, 0.717) is 12.5 Å². The van der Waals surface area contributed by atoms with Gasteiger partial charge in [-0.15, -0.1) is 0 Å². The van der Waals surface area contributed by atoms with Crippen molar-refractivity contribution in [3.8, 4) is 0 Å². The molecule has 0 amide bonds. The molecule has 2 heterocycles. The number of thiophene rings is 1. The highest BCUT2D eigenvalue weighted by Gasteiger charge is 2.42. The summed E-state index contributed by atoms with van der Waals surface area (Å²) in [4.78, 5) is 10.2. The summed E-state index contributed by atoms with van der Waals surface area (Å²) >= 11 is 0.784. The van der Waals surface area contributed by atoms with Gasteiger partial charge in [-0.3, -0.25) is 10.1 Å². The maximum Gasteiger partial charge on any atom is 0.304 e. The summed E-state index contributed by atoms with van der Waals surface area (Å²) < 4.78 is 27.1. The third kappa shape index (κ3) is 2.43. The molecular formula is C12H17N3O4S2. The molecule has 3 rings (SSSR count). The smallest absolute Gasteiger partial charge is 0.304 e. The Labute approximate surface area is 126 Å². The molecule has 1 aromatic heterocycles. The Balaban J connectivity index is 1.96. The zero-order valence-corrected chi connectivity index (χ0v) is 13.0. The van der Waals surface area contributed by atoms with Gasteiger partial charge < -0.3 is 5.73 Å². The lowest BCUT2D eigenvalue weighted by molar-refractivity contribution is -0.383. The van der Waals surface area contributed by atoms with Gasteiger partial charge in [0, 0.05) is 18.7 Å². The molecule has 1 aliphatic heterocycles. The molecule has 2 atom stereocenters. The molecule has 2 N–H and O–H groups in total. The first-order valence-corrected chi connectivity index (χ1v) is 9.22. The van der Waals surface area contributed by atoms with Crippen LogP contribution in [0, 0.1) is 16.0 Å². The van der Waals surface area contributed by atoms with Crippen LogP contribution in [0.25, 0.3) is 0 Å². The standard InChI is InChI=1S/C12H17N3O4S2/c13-12-10(15(16)17)7-11(20-12)21(18,19)14-6-2-4-8-3-1-5-9(8)14/h7-9H,1-6,13H2. The second kappa shape index (κ2) is 5.22. The lowest BCUT2D eigenvalue weighted by atomic mass is 9.94. The van der Waals surface area contributed by atoms with Gasteiger partial charge in [0.1, 0.15) is 4.21 Å². The lowest BCUT2D eigenvalue weighted by Gasteiger charge is -2.36. The van der Waals surface area contributed by atoms with E-state index in [2.05, 4.69) is 0 Å². The van der Waals surface area contributed by atoms with Crippen molar-refractivity contribution in [3.63, 3.8) is 0 Å². The Morgan fingerprint density at radius 3 is 2.71 bits per heavy atom. The summed E-state index contributed by atoms with van der Waals surface area (Å²) in [5, 5.41) is 10.8. The number of nitrogens with zero attached hydrogens (tertiary/aromatic N) is 2. The van der Waals surface area contributed by atoms with E-state index in [1.807, 2.05) is 0 Å². The Kier molecular flexibility index (Phi) is 3.66. The lowest BCUT2D eigenvalue weighted by Crippen LogP contribution is -2.45. The van der Waals surface area contributed by atoms with Gasteiger partial charge in [-0.25, -0.2) is 8.42 Å². The van der Waals surface area contributed by atoms with Gasteiger partial charge in [0.25, 0.3) is 10.0 Å². The van der Waals surface area contributed by atoms with Crippen molar-refractivity contribution in [3.05, 3.63) is 16.2 Å². The summed E-state index contributed by atoms with van der Waals surface area (Å²) in [5.74, 6) is 0.431. The van der Waals surface area contributed by atoms with Crippen LogP contribution in [-0.2, 0) is 10.0 Å². The summed E-state index contributed by atoms with van der Waals surface area (Å²) in [6, 6.07) is 1.14. The Morgan fingerprint density at radius 1 is 1.33 bits per heavy atom. The molecule has 7 nitrogen and oxygen atoms in total. The first-order chi connectivity index (χ1) is 9.91. The average Bonchev–Trinajstić information content (AvgIpc) is 3.03. The highest BCUT2D eigenvalue weighted by molar-refractivity contribution is 7.91. The van der Waals surface area contributed by atoms with Crippen LogP contribution in [0.3, 0.4) is 0 Å². The Bertz CT molecular complexity index is 670. The number of hydrogen-bond acceptors (Lipinski definition) is 6. The van der Waals surface area contributed by atoms with E-state index >= 15 is 0 Å². The molecule has 2 fully saturated rings. The molecule has 0 spiro atoms. The van der Waals surface area contributed by atoms with Crippen LogP contribution >= 0.6 is 11.3 Å². The number of fused-ring (bicyclic) bond motifs is 1. The summed E-state index contributed by atoms with van der Waals surface area (Å²) in [6.07, 6.45) is 4.93. The number of nitro groups is 1. The number of hydrogen-bond donors (Lipinski definition) is 1. The van der Waals surface area contributed by atoms with Crippen LogP contribution < -0.4 is 5.73 Å². The van der Waals surface area contributed by atoms with Gasteiger partial charge in [0.15, 0.2) is 5.00 Å². The molecule has 1 aromatic rings. The third-order valence-corrected chi connectivity index (χ3v) is 7.75. The van der Waals surface area contributed by atoms with E-state index in [9.17, 15) is 18.5 Å². The summed E-state index contributed by atoms with van der Waals surface area (Å²) in [7, 11) is -3.68. The minimum atomic E-state index is -3.68. The molecule has 21 heavy (non-hydrogen) atoms. The number of anilines is 1. The van der Waals surface area contributed by atoms with E-state index < -0.39 is 14.9 Å². The molecule has 0 aromatic carbocycles. The predicted octanol–water partition coefficient (Wildman–Crippen LogP) is 2.19. The first kappa shape index (κ1) is 14.7. The van der Waals surface area contributed by atoms with Crippen molar-refractivity contribution in [1.82, 2.24) is 4.31 Å². The fourth-order valence-electron chi connectivity index (χ4n) is 3.46. The summed E-state index contributed by atoms with van der Waals surface area (Å²) in [6.45, 7) is 0.495. The maximum absolute atomic E-state index is 12.8. The van der Waals surface area contributed by atoms with Crippen LogP contribution in [-0.4, -0.2) is 30.2 Å². The van der Waals surface area contributed by atoms with Crippen molar-refractivity contribution < 1.29 is 13.3 Å². The zero-order valence-electron chi connectivity index (χ0n) is 11.4. The molecule has 0 radical (unpaired) electrons. The number of piperidine rings is 1. The summed E-state index contributed by atoms with van der Waals surface area (Å²) in [5.41, 5.74) is 5.25. The van der Waals surface area contributed by atoms with E-state index in [4.69, 9.17) is 5.73 Å². The number of nitrogen functional groups attached to an aromatic ring is 1. The van der Waals surface area contributed by atoms with Crippen LogP contribution in [0.4, 0.5) is 10.7 Å². The second-order valence-corrected chi connectivity index (χ2v) is 8.79. The largest absolute Gasteiger partial charge is 0.385 e. The van der Waals surface area contributed by atoms with Crippen LogP contribution in [0.2, 0.25) is 0 Å². The molecule has 2 unspecified atom stereocenters. The minimum absolute atomic E-state index is 0.0146. The number of sulfonamides is 1. The molecular weight excluding hydrogens is 314 g/mol. The molecule has 0 bridgehead atoms. The molecule has 1 saturated carbocycles. The van der Waals surface area contributed by atoms with Gasteiger partial charge in [0.2, 0.25) is 0 Å². The first-order valence-electron chi connectivity index (χ1n) is 6.97. The zero-order chi connectivity index (χ0) is 15.2. The highest BCUT2D eigenvalue weighted by atomic mass is 32.2. The van der Waals surface area contributed by atoms with Crippen molar-refractivity contribution in [2.75, 3.05) is 12.3 Å². The quantitative estimate of drug-likeness (QED) is 0.675. The molecule has 2 aliphatic rings. The van der Waals surface area contributed by atoms with Gasteiger partial charge in [-0.05, 0) is 31.6 Å². The van der Waals surface area contributed by atoms with E-state index in [-0.39, 0.29) is 20.9 Å². The molecule has 1 aliphatic carbocycles.